The van der Waals surface area contributed by atoms with E-state index in [9.17, 15) is 19.5 Å². The van der Waals surface area contributed by atoms with Gasteiger partial charge in [0.1, 0.15) is 5.54 Å². The Bertz CT molecular complexity index is 417. The molecule has 20 heavy (non-hydrogen) atoms. The van der Waals surface area contributed by atoms with Crippen LogP contribution in [0.4, 0.5) is 0 Å². The SMILES string of the molecule is CCNC(C)(CCCCN1C(=O)C2CC2C1=O)C(=O)O. The summed E-state index contributed by atoms with van der Waals surface area (Å²) in [5, 5.41) is 12.2. The second-order valence-electron chi connectivity index (χ2n) is 5.90. The molecule has 1 heterocycles. The number of unbranched alkanes of at least 4 members (excludes halogenated alkanes) is 1. The molecule has 3 atom stereocenters. The van der Waals surface area contributed by atoms with Crippen molar-refractivity contribution in [1.29, 1.82) is 0 Å². The summed E-state index contributed by atoms with van der Waals surface area (Å²) in [6, 6.07) is 0. The number of imide groups is 1. The molecule has 2 aliphatic rings. The van der Waals surface area contributed by atoms with Crippen LogP contribution >= 0.6 is 0 Å². The lowest BCUT2D eigenvalue weighted by Crippen LogP contribution is -2.49. The number of carbonyl (C=O) groups excluding carboxylic acids is 2. The minimum Gasteiger partial charge on any atom is -0.480 e. The topological polar surface area (TPSA) is 86.7 Å². The Hall–Kier alpha value is -1.43. The number of nitrogens with zero attached hydrogens (tertiary/aromatic N) is 1. The van der Waals surface area contributed by atoms with Crippen LogP contribution < -0.4 is 5.32 Å². The average Bonchev–Trinajstić information content (AvgIpc) is 3.13. The molecule has 6 heteroatoms. The quantitative estimate of drug-likeness (QED) is 0.503. The fraction of sp³-hybridized carbons (Fsp3) is 0.786. The highest BCUT2D eigenvalue weighted by atomic mass is 16.4. The van der Waals surface area contributed by atoms with E-state index in [0.29, 0.717) is 32.4 Å². The second-order valence-corrected chi connectivity index (χ2v) is 5.90. The Kier molecular flexibility index (Phi) is 4.13. The zero-order chi connectivity index (χ0) is 14.9. The van der Waals surface area contributed by atoms with E-state index in [1.807, 2.05) is 6.92 Å². The maximum Gasteiger partial charge on any atom is 0.323 e. The van der Waals surface area contributed by atoms with Crippen molar-refractivity contribution in [3.8, 4) is 0 Å². The van der Waals surface area contributed by atoms with Gasteiger partial charge in [0, 0.05) is 6.54 Å². The van der Waals surface area contributed by atoms with E-state index in [-0.39, 0.29) is 23.7 Å². The van der Waals surface area contributed by atoms with E-state index in [4.69, 9.17) is 0 Å². The number of piperidine rings is 1. The molecule has 0 aromatic rings. The summed E-state index contributed by atoms with van der Waals surface area (Å²) in [5.74, 6) is -1.03. The number of hydrogen-bond acceptors (Lipinski definition) is 4. The van der Waals surface area contributed by atoms with E-state index in [0.717, 1.165) is 6.42 Å². The van der Waals surface area contributed by atoms with Crippen LogP contribution in [0.2, 0.25) is 0 Å². The molecule has 2 fully saturated rings. The van der Waals surface area contributed by atoms with E-state index in [1.54, 1.807) is 6.92 Å². The van der Waals surface area contributed by atoms with Crippen LogP contribution in [-0.4, -0.2) is 46.4 Å². The van der Waals surface area contributed by atoms with E-state index in [1.165, 1.54) is 4.90 Å². The minimum atomic E-state index is -0.935. The van der Waals surface area contributed by atoms with Crippen molar-refractivity contribution in [2.24, 2.45) is 11.8 Å². The van der Waals surface area contributed by atoms with Gasteiger partial charge in [-0.25, -0.2) is 0 Å². The Balaban J connectivity index is 1.75. The molecule has 3 unspecified atom stereocenters. The molecule has 2 rings (SSSR count). The van der Waals surface area contributed by atoms with Gasteiger partial charge in [-0.1, -0.05) is 6.92 Å². The summed E-state index contributed by atoms with van der Waals surface area (Å²) in [6.45, 7) is 4.55. The summed E-state index contributed by atoms with van der Waals surface area (Å²) in [4.78, 5) is 36.1. The lowest BCUT2D eigenvalue weighted by Gasteiger charge is -2.26. The zero-order valence-electron chi connectivity index (χ0n) is 12.0. The predicted octanol–water partition coefficient (Wildman–Crippen LogP) is 0.614. The first-order chi connectivity index (χ1) is 9.40. The molecule has 0 bridgehead atoms. The molecule has 1 saturated heterocycles. The summed E-state index contributed by atoms with van der Waals surface area (Å²) in [5.41, 5.74) is -0.935. The number of likely N-dealkylation sites (N-methyl/N-ethyl adjacent to an activating group) is 1. The molecule has 112 valence electrons. The van der Waals surface area contributed by atoms with Gasteiger partial charge in [0.25, 0.3) is 0 Å². The number of amides is 2. The molecule has 1 aliphatic carbocycles. The fourth-order valence-electron chi connectivity index (χ4n) is 2.88. The minimum absolute atomic E-state index is 0.0346. The van der Waals surface area contributed by atoms with Gasteiger partial charge in [-0.2, -0.15) is 0 Å². The molecular formula is C14H22N2O4. The third-order valence-electron chi connectivity index (χ3n) is 4.30. The molecule has 1 saturated carbocycles. The molecule has 6 nitrogen and oxygen atoms in total. The molecule has 0 radical (unpaired) electrons. The number of aliphatic carboxylic acids is 1. The number of likely N-dealkylation sites (tertiary alicyclic amines) is 1. The Morgan fingerprint density at radius 2 is 1.95 bits per heavy atom. The molecule has 0 spiro atoms. The Morgan fingerprint density at radius 3 is 2.45 bits per heavy atom. The van der Waals surface area contributed by atoms with Gasteiger partial charge in [0.2, 0.25) is 11.8 Å². The summed E-state index contributed by atoms with van der Waals surface area (Å²) in [7, 11) is 0. The number of hydrogen-bond donors (Lipinski definition) is 2. The van der Waals surface area contributed by atoms with Gasteiger partial charge >= 0.3 is 5.97 Å². The van der Waals surface area contributed by atoms with Crippen LogP contribution in [0.15, 0.2) is 0 Å². The third kappa shape index (κ3) is 2.70. The summed E-state index contributed by atoms with van der Waals surface area (Å²) in [6.07, 6.45) is 2.54. The van der Waals surface area contributed by atoms with Gasteiger partial charge in [-0.15, -0.1) is 0 Å². The summed E-state index contributed by atoms with van der Waals surface area (Å²) >= 11 is 0. The molecular weight excluding hydrogens is 260 g/mol. The number of nitrogens with one attached hydrogen (secondary N) is 1. The monoisotopic (exact) mass is 282 g/mol. The maximum absolute atomic E-state index is 11.8. The second kappa shape index (κ2) is 5.52. The lowest BCUT2D eigenvalue weighted by molar-refractivity contribution is -0.145. The standard InChI is InChI=1S/C14H22N2O4/c1-3-15-14(2,13(19)20)6-4-5-7-16-11(17)9-8-10(9)12(16)18/h9-10,15H,3-8H2,1-2H3,(H,19,20). The van der Waals surface area contributed by atoms with Gasteiger partial charge in [0.15, 0.2) is 0 Å². The van der Waals surface area contributed by atoms with Crippen molar-refractivity contribution < 1.29 is 19.5 Å². The maximum atomic E-state index is 11.8. The molecule has 0 aromatic carbocycles. The number of fused-ring (bicyclic) bond motifs is 1. The van der Waals surface area contributed by atoms with E-state index >= 15 is 0 Å². The van der Waals surface area contributed by atoms with Crippen LogP contribution in [0.5, 0.6) is 0 Å². The van der Waals surface area contributed by atoms with E-state index < -0.39 is 11.5 Å². The van der Waals surface area contributed by atoms with Crippen LogP contribution in [0.1, 0.15) is 39.5 Å². The average molecular weight is 282 g/mol. The number of carboxylic acid groups (broad SMARTS) is 1. The lowest BCUT2D eigenvalue weighted by atomic mass is 9.95. The van der Waals surface area contributed by atoms with Gasteiger partial charge in [0.05, 0.1) is 11.8 Å². The van der Waals surface area contributed by atoms with Crippen molar-refractivity contribution in [3.63, 3.8) is 0 Å². The normalized spacial score (nSPS) is 27.4. The zero-order valence-corrected chi connectivity index (χ0v) is 12.0. The molecule has 2 N–H and O–H groups in total. The van der Waals surface area contributed by atoms with Crippen molar-refractivity contribution in [2.75, 3.05) is 13.1 Å². The number of rotatable bonds is 8. The van der Waals surface area contributed by atoms with Crippen LogP contribution in [-0.2, 0) is 14.4 Å². The number of carboxylic acids is 1. The van der Waals surface area contributed by atoms with Crippen molar-refractivity contribution in [3.05, 3.63) is 0 Å². The van der Waals surface area contributed by atoms with E-state index in [2.05, 4.69) is 5.32 Å². The first-order valence-electron chi connectivity index (χ1n) is 7.24. The van der Waals surface area contributed by atoms with Crippen LogP contribution in [0.3, 0.4) is 0 Å². The number of carbonyl (C=O) groups is 3. The smallest absolute Gasteiger partial charge is 0.323 e. The molecule has 2 amide bonds. The first kappa shape index (κ1) is 15.0. The van der Waals surface area contributed by atoms with Gasteiger partial charge in [-0.3, -0.25) is 19.3 Å². The Labute approximate surface area is 118 Å². The molecule has 1 aliphatic heterocycles. The van der Waals surface area contributed by atoms with Crippen molar-refractivity contribution in [1.82, 2.24) is 10.2 Å². The van der Waals surface area contributed by atoms with Crippen molar-refractivity contribution in [2.45, 2.75) is 45.1 Å². The first-order valence-corrected chi connectivity index (χ1v) is 7.24. The highest BCUT2D eigenvalue weighted by Gasteiger charge is 2.58. The van der Waals surface area contributed by atoms with Gasteiger partial charge in [-0.05, 0) is 39.2 Å². The van der Waals surface area contributed by atoms with Crippen LogP contribution in [0.25, 0.3) is 0 Å². The van der Waals surface area contributed by atoms with Crippen LogP contribution in [0, 0.1) is 11.8 Å². The fourth-order valence-corrected chi connectivity index (χ4v) is 2.88. The summed E-state index contributed by atoms with van der Waals surface area (Å²) < 4.78 is 0. The Morgan fingerprint density at radius 1 is 1.35 bits per heavy atom. The van der Waals surface area contributed by atoms with Crippen molar-refractivity contribution >= 4 is 17.8 Å². The highest BCUT2D eigenvalue weighted by Crippen LogP contribution is 2.46. The van der Waals surface area contributed by atoms with Gasteiger partial charge < -0.3 is 10.4 Å². The predicted molar refractivity (Wildman–Crippen MR) is 71.9 cm³/mol. The molecule has 0 aromatic heterocycles. The largest absolute Gasteiger partial charge is 0.480 e. The third-order valence-corrected chi connectivity index (χ3v) is 4.30. The highest BCUT2D eigenvalue weighted by molar-refractivity contribution is 6.08.